The van der Waals surface area contributed by atoms with Gasteiger partial charge >= 0.3 is 0 Å². The second kappa shape index (κ2) is 7.40. The molecule has 4 rings (SSSR count). The fourth-order valence-electron chi connectivity index (χ4n) is 2.59. The van der Waals surface area contributed by atoms with Crippen LogP contribution in [0.4, 0.5) is 5.95 Å². The number of anilines is 1. The summed E-state index contributed by atoms with van der Waals surface area (Å²) in [4.78, 5) is 6.87. The van der Waals surface area contributed by atoms with Gasteiger partial charge in [0, 0.05) is 22.5 Å². The average molecular weight is 346 g/mol. The summed E-state index contributed by atoms with van der Waals surface area (Å²) >= 11 is 1.72. The van der Waals surface area contributed by atoms with Crippen molar-refractivity contribution in [3.63, 3.8) is 0 Å². The second-order valence-electron chi connectivity index (χ2n) is 5.68. The van der Waals surface area contributed by atoms with Gasteiger partial charge in [0.2, 0.25) is 5.95 Å². The minimum absolute atomic E-state index is 0.665. The topological polar surface area (TPSA) is 42.2 Å². The number of rotatable bonds is 6. The Balaban J connectivity index is 1.43. The molecule has 0 aliphatic heterocycles. The summed E-state index contributed by atoms with van der Waals surface area (Å²) in [6.45, 7) is 0.812. The highest BCUT2D eigenvalue weighted by atomic mass is 32.2. The molecule has 0 unspecified atom stereocenters. The molecule has 25 heavy (non-hydrogen) atoms. The lowest BCUT2D eigenvalue weighted by molar-refractivity contribution is 0.923. The van der Waals surface area contributed by atoms with Crippen LogP contribution in [0.15, 0.2) is 88.8 Å². The molecule has 5 heteroatoms. The predicted octanol–water partition coefficient (Wildman–Crippen LogP) is 4.54. The van der Waals surface area contributed by atoms with Crippen LogP contribution in [0.3, 0.4) is 0 Å². The van der Waals surface area contributed by atoms with Gasteiger partial charge in [-0.05, 0) is 36.2 Å². The quantitative estimate of drug-likeness (QED) is 0.557. The molecule has 0 amide bonds. The summed E-state index contributed by atoms with van der Waals surface area (Å²) in [5.74, 6) is 0.665. The Bertz CT molecular complexity index is 951. The molecule has 2 aromatic heterocycles. The molecule has 124 valence electrons. The standard InChI is InChI=1S/C20H18N4S/c1-3-7-16(8-4-1)13-14-21-20-22-19-12-11-18(15-24(19)23-20)25-17-9-5-2-6-10-17/h1-12,15H,13-14H2,(H,21,23). The maximum Gasteiger partial charge on any atom is 0.243 e. The third-order valence-corrected chi connectivity index (χ3v) is 4.81. The van der Waals surface area contributed by atoms with Crippen LogP contribution in [0, 0.1) is 0 Å². The molecular weight excluding hydrogens is 328 g/mol. The van der Waals surface area contributed by atoms with Gasteiger partial charge < -0.3 is 5.32 Å². The van der Waals surface area contributed by atoms with Crippen LogP contribution in [0.1, 0.15) is 5.56 Å². The molecule has 0 aliphatic rings. The van der Waals surface area contributed by atoms with Crippen molar-refractivity contribution in [1.82, 2.24) is 14.6 Å². The van der Waals surface area contributed by atoms with Crippen molar-refractivity contribution >= 4 is 23.4 Å². The molecule has 4 nitrogen and oxygen atoms in total. The summed E-state index contributed by atoms with van der Waals surface area (Å²) in [5.41, 5.74) is 2.15. The van der Waals surface area contributed by atoms with Gasteiger partial charge in [-0.2, -0.15) is 4.98 Å². The van der Waals surface area contributed by atoms with E-state index in [0.29, 0.717) is 5.95 Å². The van der Waals surface area contributed by atoms with Crippen LogP contribution in [-0.2, 0) is 6.42 Å². The number of nitrogens with one attached hydrogen (secondary N) is 1. The van der Waals surface area contributed by atoms with Gasteiger partial charge in [-0.3, -0.25) is 0 Å². The maximum absolute atomic E-state index is 4.53. The average Bonchev–Trinajstić information content (AvgIpc) is 3.05. The largest absolute Gasteiger partial charge is 0.353 e. The smallest absolute Gasteiger partial charge is 0.243 e. The van der Waals surface area contributed by atoms with Gasteiger partial charge in [-0.1, -0.05) is 60.3 Å². The van der Waals surface area contributed by atoms with Crippen LogP contribution < -0.4 is 5.32 Å². The molecule has 0 bridgehead atoms. The van der Waals surface area contributed by atoms with Crippen molar-refractivity contribution < 1.29 is 0 Å². The Kier molecular flexibility index (Phi) is 4.65. The van der Waals surface area contributed by atoms with Crippen LogP contribution in [0.5, 0.6) is 0 Å². The highest BCUT2D eigenvalue weighted by molar-refractivity contribution is 7.99. The van der Waals surface area contributed by atoms with Gasteiger partial charge in [0.15, 0.2) is 5.65 Å². The minimum Gasteiger partial charge on any atom is -0.353 e. The molecule has 1 N–H and O–H groups in total. The summed E-state index contributed by atoms with van der Waals surface area (Å²) in [5, 5.41) is 7.83. The third-order valence-electron chi connectivity index (χ3n) is 3.82. The van der Waals surface area contributed by atoms with E-state index in [1.165, 1.54) is 10.5 Å². The molecule has 0 radical (unpaired) electrons. The van der Waals surface area contributed by atoms with Crippen molar-refractivity contribution in [2.45, 2.75) is 16.2 Å². The lowest BCUT2D eigenvalue weighted by atomic mass is 10.1. The SMILES string of the molecule is c1ccc(CCNc2nc3ccc(Sc4ccccc4)cn3n2)cc1. The maximum atomic E-state index is 4.53. The van der Waals surface area contributed by atoms with E-state index in [1.807, 2.05) is 41.0 Å². The Labute approximate surface area is 150 Å². The van der Waals surface area contributed by atoms with Crippen molar-refractivity contribution in [1.29, 1.82) is 0 Å². The number of hydrogen-bond donors (Lipinski definition) is 1. The number of hydrogen-bond acceptors (Lipinski definition) is 4. The Morgan fingerprint density at radius 2 is 1.60 bits per heavy atom. The van der Waals surface area contributed by atoms with Crippen molar-refractivity contribution in [2.24, 2.45) is 0 Å². The fourth-order valence-corrected chi connectivity index (χ4v) is 3.44. The van der Waals surface area contributed by atoms with E-state index >= 15 is 0 Å². The number of aromatic nitrogens is 3. The van der Waals surface area contributed by atoms with Crippen molar-refractivity contribution in [3.8, 4) is 0 Å². The van der Waals surface area contributed by atoms with Gasteiger partial charge in [0.25, 0.3) is 0 Å². The first-order valence-electron chi connectivity index (χ1n) is 8.24. The fraction of sp³-hybridized carbons (Fsp3) is 0.100. The molecule has 0 fully saturated rings. The highest BCUT2D eigenvalue weighted by Crippen LogP contribution is 2.27. The zero-order chi connectivity index (χ0) is 16.9. The molecule has 4 aromatic rings. The lowest BCUT2D eigenvalue weighted by Crippen LogP contribution is -2.06. The van der Waals surface area contributed by atoms with Crippen LogP contribution in [0.2, 0.25) is 0 Å². The predicted molar refractivity (Wildman–Crippen MR) is 102 cm³/mol. The van der Waals surface area contributed by atoms with Crippen LogP contribution >= 0.6 is 11.8 Å². The van der Waals surface area contributed by atoms with E-state index in [4.69, 9.17) is 0 Å². The van der Waals surface area contributed by atoms with E-state index in [1.54, 1.807) is 11.8 Å². The van der Waals surface area contributed by atoms with Gasteiger partial charge in [0.1, 0.15) is 0 Å². The first kappa shape index (κ1) is 15.7. The molecule has 2 heterocycles. The van der Waals surface area contributed by atoms with E-state index in [-0.39, 0.29) is 0 Å². The molecule has 2 aromatic carbocycles. The van der Waals surface area contributed by atoms with E-state index < -0.39 is 0 Å². The molecule has 0 saturated heterocycles. The van der Waals surface area contributed by atoms with E-state index in [0.717, 1.165) is 23.5 Å². The number of fused-ring (bicyclic) bond motifs is 1. The molecular formula is C20H18N4S. The Morgan fingerprint density at radius 1 is 0.840 bits per heavy atom. The minimum atomic E-state index is 0.665. The van der Waals surface area contributed by atoms with Gasteiger partial charge in [-0.25, -0.2) is 4.52 Å². The summed E-state index contributed by atoms with van der Waals surface area (Å²) in [6.07, 6.45) is 2.97. The lowest BCUT2D eigenvalue weighted by Gasteiger charge is -2.01. The van der Waals surface area contributed by atoms with Gasteiger partial charge in [-0.15, -0.1) is 5.10 Å². The monoisotopic (exact) mass is 346 g/mol. The van der Waals surface area contributed by atoms with Crippen LogP contribution in [-0.4, -0.2) is 21.1 Å². The molecule has 0 atom stereocenters. The first-order valence-corrected chi connectivity index (χ1v) is 9.06. The number of benzene rings is 2. The molecule has 0 aliphatic carbocycles. The zero-order valence-corrected chi connectivity index (χ0v) is 14.5. The van der Waals surface area contributed by atoms with Crippen molar-refractivity contribution in [2.75, 3.05) is 11.9 Å². The number of nitrogens with zero attached hydrogens (tertiary/aromatic N) is 3. The Morgan fingerprint density at radius 3 is 2.40 bits per heavy atom. The first-order chi connectivity index (χ1) is 12.4. The summed E-state index contributed by atoms with van der Waals surface area (Å²) < 4.78 is 1.83. The highest BCUT2D eigenvalue weighted by Gasteiger charge is 2.05. The molecule has 0 saturated carbocycles. The third kappa shape index (κ3) is 4.00. The Hall–Kier alpha value is -2.79. The van der Waals surface area contributed by atoms with Crippen LogP contribution in [0.25, 0.3) is 5.65 Å². The van der Waals surface area contributed by atoms with Crippen molar-refractivity contribution in [3.05, 3.63) is 84.6 Å². The van der Waals surface area contributed by atoms with E-state index in [2.05, 4.69) is 57.9 Å². The second-order valence-corrected chi connectivity index (χ2v) is 6.83. The molecule has 0 spiro atoms. The zero-order valence-electron chi connectivity index (χ0n) is 13.7. The summed E-state index contributed by atoms with van der Waals surface area (Å²) in [6, 6.07) is 24.8. The summed E-state index contributed by atoms with van der Waals surface area (Å²) in [7, 11) is 0. The normalized spacial score (nSPS) is 10.9. The van der Waals surface area contributed by atoms with E-state index in [9.17, 15) is 0 Å². The number of pyridine rings is 1. The van der Waals surface area contributed by atoms with Gasteiger partial charge in [0.05, 0.1) is 0 Å².